The molecule has 8 heteroatoms. The number of hydrogen-bond donors (Lipinski definition) is 0. The van der Waals surface area contributed by atoms with E-state index in [0.717, 1.165) is 0 Å². The van der Waals surface area contributed by atoms with Crippen molar-refractivity contribution in [2.75, 3.05) is 0 Å². The lowest BCUT2D eigenvalue weighted by Gasteiger charge is -2.10. The summed E-state index contributed by atoms with van der Waals surface area (Å²) >= 11 is 0. The zero-order valence-corrected chi connectivity index (χ0v) is 14.7. The summed E-state index contributed by atoms with van der Waals surface area (Å²) in [6.45, 7) is 0.353. The lowest BCUT2D eigenvalue weighted by Crippen LogP contribution is -1.99. The summed E-state index contributed by atoms with van der Waals surface area (Å²) in [6.07, 6.45) is 0. The molecule has 0 saturated carbocycles. The Bertz CT molecular complexity index is 928. The van der Waals surface area contributed by atoms with Crippen molar-refractivity contribution in [1.82, 2.24) is 0 Å². The summed E-state index contributed by atoms with van der Waals surface area (Å²) < 4.78 is 11.4. The Morgan fingerprint density at radius 2 is 1.07 bits per heavy atom. The average molecular weight is 380 g/mol. The maximum Gasteiger partial charge on any atom is 0.269 e. The molecule has 0 heterocycles. The first-order valence-electron chi connectivity index (χ1n) is 8.33. The highest BCUT2D eigenvalue weighted by Gasteiger charge is 2.08. The monoisotopic (exact) mass is 380 g/mol. The van der Waals surface area contributed by atoms with Crippen LogP contribution >= 0.6 is 0 Å². The molecule has 0 unspecified atom stereocenters. The van der Waals surface area contributed by atoms with E-state index in [-0.39, 0.29) is 24.6 Å². The highest BCUT2D eigenvalue weighted by Crippen LogP contribution is 2.23. The highest BCUT2D eigenvalue weighted by atomic mass is 16.6. The van der Waals surface area contributed by atoms with Crippen molar-refractivity contribution in [3.63, 3.8) is 0 Å². The van der Waals surface area contributed by atoms with Crippen LogP contribution in [0.1, 0.15) is 11.1 Å². The largest absolute Gasteiger partial charge is 0.489 e. The van der Waals surface area contributed by atoms with Gasteiger partial charge in [-0.3, -0.25) is 20.2 Å². The fourth-order valence-corrected chi connectivity index (χ4v) is 2.51. The number of rotatable bonds is 8. The first-order valence-corrected chi connectivity index (χ1v) is 8.33. The van der Waals surface area contributed by atoms with Crippen molar-refractivity contribution < 1.29 is 19.3 Å². The summed E-state index contributed by atoms with van der Waals surface area (Å²) in [5.41, 5.74) is 1.37. The minimum Gasteiger partial charge on any atom is -0.489 e. The standard InChI is InChI=1S/C20H16N2O6/c23-21(24)17-6-1-4-15(10-17)13-27-19-8-3-9-20(12-19)28-14-16-5-2-7-18(11-16)22(25)26/h1-12H,13-14H2. The van der Waals surface area contributed by atoms with E-state index in [0.29, 0.717) is 22.6 Å². The molecule has 3 rings (SSSR count). The average Bonchev–Trinajstić information content (AvgIpc) is 2.71. The normalized spacial score (nSPS) is 10.3. The minimum atomic E-state index is -0.452. The molecule has 0 spiro atoms. The topological polar surface area (TPSA) is 105 Å². The van der Waals surface area contributed by atoms with Crippen LogP contribution in [0.25, 0.3) is 0 Å². The molecule has 0 fully saturated rings. The van der Waals surface area contributed by atoms with E-state index in [1.807, 2.05) is 0 Å². The number of hydrogen-bond acceptors (Lipinski definition) is 6. The predicted molar refractivity (Wildman–Crippen MR) is 101 cm³/mol. The van der Waals surface area contributed by atoms with Crippen molar-refractivity contribution in [2.24, 2.45) is 0 Å². The molecular weight excluding hydrogens is 364 g/mol. The van der Waals surface area contributed by atoms with Crippen LogP contribution in [0.4, 0.5) is 11.4 Å². The fraction of sp³-hybridized carbons (Fsp3) is 0.100. The van der Waals surface area contributed by atoms with Crippen LogP contribution in [0.2, 0.25) is 0 Å². The maximum atomic E-state index is 10.8. The molecule has 0 aromatic heterocycles. The van der Waals surface area contributed by atoms with Gasteiger partial charge < -0.3 is 9.47 Å². The van der Waals surface area contributed by atoms with Crippen molar-refractivity contribution in [1.29, 1.82) is 0 Å². The first-order chi connectivity index (χ1) is 13.5. The van der Waals surface area contributed by atoms with Gasteiger partial charge in [0.1, 0.15) is 24.7 Å². The number of nitrogens with zero attached hydrogens (tertiary/aromatic N) is 2. The summed E-state index contributed by atoms with van der Waals surface area (Å²) in [5.74, 6) is 1.09. The Hall–Kier alpha value is -3.94. The minimum absolute atomic E-state index is 0.00939. The SMILES string of the molecule is O=[N+]([O-])c1cccc(COc2cccc(OCc3cccc([N+](=O)[O-])c3)c2)c1. The molecule has 0 amide bonds. The summed E-state index contributed by atoms with van der Waals surface area (Å²) in [5, 5.41) is 21.7. The van der Waals surface area contributed by atoms with Gasteiger partial charge in [-0.15, -0.1) is 0 Å². The van der Waals surface area contributed by atoms with Gasteiger partial charge in [-0.2, -0.15) is 0 Å². The molecule has 0 aliphatic carbocycles. The van der Waals surface area contributed by atoms with Crippen molar-refractivity contribution in [3.8, 4) is 11.5 Å². The lowest BCUT2D eigenvalue weighted by atomic mass is 10.2. The van der Waals surface area contributed by atoms with E-state index in [1.54, 1.807) is 48.5 Å². The van der Waals surface area contributed by atoms with Crippen LogP contribution in [-0.4, -0.2) is 9.85 Å². The quantitative estimate of drug-likeness (QED) is 0.416. The van der Waals surface area contributed by atoms with Crippen LogP contribution in [0, 0.1) is 20.2 Å². The molecule has 3 aromatic rings. The third-order valence-corrected chi connectivity index (χ3v) is 3.86. The molecule has 0 bridgehead atoms. The van der Waals surface area contributed by atoms with Gasteiger partial charge >= 0.3 is 0 Å². The molecule has 0 saturated heterocycles. The predicted octanol–water partition coefficient (Wildman–Crippen LogP) is 4.66. The zero-order valence-electron chi connectivity index (χ0n) is 14.7. The van der Waals surface area contributed by atoms with Gasteiger partial charge in [0.2, 0.25) is 0 Å². The molecule has 0 aliphatic rings. The van der Waals surface area contributed by atoms with Gasteiger partial charge in [0.15, 0.2) is 0 Å². The van der Waals surface area contributed by atoms with E-state index in [4.69, 9.17) is 9.47 Å². The molecule has 0 N–H and O–H groups in total. The van der Waals surface area contributed by atoms with E-state index in [2.05, 4.69) is 0 Å². The second-order valence-corrected chi connectivity index (χ2v) is 5.91. The number of nitro groups is 2. The van der Waals surface area contributed by atoms with Crippen LogP contribution in [-0.2, 0) is 13.2 Å². The van der Waals surface area contributed by atoms with E-state index >= 15 is 0 Å². The number of benzene rings is 3. The van der Waals surface area contributed by atoms with Crippen molar-refractivity contribution >= 4 is 11.4 Å². The molecule has 0 atom stereocenters. The van der Waals surface area contributed by atoms with Gasteiger partial charge in [0, 0.05) is 30.3 Å². The van der Waals surface area contributed by atoms with Gasteiger partial charge in [-0.1, -0.05) is 30.3 Å². The van der Waals surface area contributed by atoms with Crippen LogP contribution in [0.3, 0.4) is 0 Å². The third kappa shape index (κ3) is 5.04. The van der Waals surface area contributed by atoms with Crippen molar-refractivity contribution in [2.45, 2.75) is 13.2 Å². The molecule has 0 radical (unpaired) electrons. The Labute approximate surface area is 160 Å². The zero-order chi connectivity index (χ0) is 19.9. The second kappa shape index (κ2) is 8.63. The Balaban J connectivity index is 1.61. The van der Waals surface area contributed by atoms with Crippen LogP contribution in [0.5, 0.6) is 11.5 Å². The molecule has 8 nitrogen and oxygen atoms in total. The van der Waals surface area contributed by atoms with Gasteiger partial charge in [0.05, 0.1) is 9.85 Å². The first kappa shape index (κ1) is 18.8. The smallest absolute Gasteiger partial charge is 0.269 e. The Morgan fingerprint density at radius 3 is 1.50 bits per heavy atom. The van der Waals surface area contributed by atoms with Crippen molar-refractivity contribution in [3.05, 3.63) is 104 Å². The molecule has 142 valence electrons. The van der Waals surface area contributed by atoms with Gasteiger partial charge in [0.25, 0.3) is 11.4 Å². The number of non-ortho nitro benzene ring substituents is 2. The van der Waals surface area contributed by atoms with Gasteiger partial charge in [-0.25, -0.2) is 0 Å². The molecule has 0 aliphatic heterocycles. The second-order valence-electron chi connectivity index (χ2n) is 5.91. The number of ether oxygens (including phenoxy) is 2. The van der Waals surface area contributed by atoms with Crippen LogP contribution in [0.15, 0.2) is 72.8 Å². The highest BCUT2D eigenvalue weighted by molar-refractivity contribution is 5.37. The number of nitro benzene ring substituents is 2. The summed E-state index contributed by atoms with van der Waals surface area (Å²) in [4.78, 5) is 20.8. The molecule has 3 aromatic carbocycles. The Morgan fingerprint density at radius 1 is 0.643 bits per heavy atom. The Kier molecular flexibility index (Phi) is 5.81. The lowest BCUT2D eigenvalue weighted by molar-refractivity contribution is -0.385. The summed E-state index contributed by atoms with van der Waals surface area (Å²) in [7, 11) is 0. The fourth-order valence-electron chi connectivity index (χ4n) is 2.51. The van der Waals surface area contributed by atoms with Gasteiger partial charge in [-0.05, 0) is 23.3 Å². The van der Waals surface area contributed by atoms with E-state index in [9.17, 15) is 20.2 Å². The van der Waals surface area contributed by atoms with E-state index in [1.165, 1.54) is 24.3 Å². The van der Waals surface area contributed by atoms with E-state index < -0.39 is 9.85 Å². The molecular formula is C20H16N2O6. The maximum absolute atomic E-state index is 10.8. The molecule has 28 heavy (non-hydrogen) atoms. The summed E-state index contributed by atoms with van der Waals surface area (Å²) in [6, 6.07) is 19.4. The third-order valence-electron chi connectivity index (χ3n) is 3.86. The van der Waals surface area contributed by atoms with Crippen LogP contribution < -0.4 is 9.47 Å².